The normalized spacial score (nSPS) is 11.2. The predicted molar refractivity (Wildman–Crippen MR) is 116 cm³/mol. The quantitative estimate of drug-likeness (QED) is 0.337. The van der Waals surface area contributed by atoms with Crippen molar-refractivity contribution in [1.29, 1.82) is 0 Å². The number of thioether (sulfide) groups is 1. The van der Waals surface area contributed by atoms with Crippen molar-refractivity contribution in [2.24, 2.45) is 0 Å². The molecule has 0 atom stereocenters. The van der Waals surface area contributed by atoms with Gasteiger partial charge in [0.15, 0.2) is 5.16 Å². The Morgan fingerprint density at radius 1 is 1.12 bits per heavy atom. The molecule has 0 spiro atoms. The highest BCUT2D eigenvalue weighted by molar-refractivity contribution is 7.99. The van der Waals surface area contributed by atoms with Crippen LogP contribution in [0, 0.1) is 0 Å². The van der Waals surface area contributed by atoms with Crippen LogP contribution in [0.25, 0.3) is 0 Å². The first-order valence-corrected chi connectivity index (χ1v) is 11.0. The number of nitrogens with zero attached hydrogens (tertiary/aromatic N) is 1. The van der Waals surface area contributed by atoms with Crippen molar-refractivity contribution >= 4 is 40.6 Å². The second kappa shape index (κ2) is 10.5. The van der Waals surface area contributed by atoms with Gasteiger partial charge in [-0.3, -0.25) is 14.4 Å². The van der Waals surface area contributed by atoms with Crippen molar-refractivity contribution in [3.63, 3.8) is 0 Å². The summed E-state index contributed by atoms with van der Waals surface area (Å²) in [4.78, 5) is 43.7. The maximum atomic E-state index is 12.8. The molecule has 3 rings (SSSR count). The molecule has 2 aromatic heterocycles. The second-order valence-electron chi connectivity index (χ2n) is 6.49. The van der Waals surface area contributed by atoms with Crippen molar-refractivity contribution in [2.45, 2.75) is 24.3 Å². The largest absolute Gasteiger partial charge is 0.416 e. The molecule has 2 amide bonds. The molecular weight excluding hydrogens is 465 g/mol. The number of hydrogen-bond donors (Lipinski definition) is 3. The maximum absolute atomic E-state index is 12.8. The Hall–Kier alpha value is -3.12. The van der Waals surface area contributed by atoms with E-state index in [1.807, 2.05) is 17.5 Å². The van der Waals surface area contributed by atoms with Gasteiger partial charge in [0.1, 0.15) is 0 Å². The lowest BCUT2D eigenvalue weighted by molar-refractivity contribution is -0.137. The number of nitrogens with one attached hydrogen (secondary N) is 3. The molecule has 0 aliphatic rings. The Bertz CT molecular complexity index is 1150. The minimum absolute atomic E-state index is 0.00281. The molecule has 0 unspecified atom stereocenters. The fourth-order valence-corrected chi connectivity index (χ4v) is 3.91. The van der Waals surface area contributed by atoms with Crippen LogP contribution < -0.4 is 16.2 Å². The number of hydrogen-bond acceptors (Lipinski definition) is 6. The van der Waals surface area contributed by atoms with Crippen molar-refractivity contribution in [3.05, 3.63) is 74.3 Å². The number of alkyl halides is 3. The Kier molecular flexibility index (Phi) is 7.70. The zero-order valence-corrected chi connectivity index (χ0v) is 18.0. The predicted octanol–water partition coefficient (Wildman–Crippen LogP) is 3.44. The summed E-state index contributed by atoms with van der Waals surface area (Å²) in [7, 11) is 0. The number of H-pyrrole nitrogens is 1. The fourth-order valence-electron chi connectivity index (χ4n) is 2.57. The summed E-state index contributed by atoms with van der Waals surface area (Å²) in [6.45, 7) is 0.372. The number of rotatable bonds is 8. The second-order valence-corrected chi connectivity index (χ2v) is 8.49. The molecule has 32 heavy (non-hydrogen) atoms. The molecule has 12 heteroatoms. The zero-order valence-electron chi connectivity index (χ0n) is 16.4. The molecular formula is C20H17F3N4O3S2. The number of aromatic nitrogens is 2. The van der Waals surface area contributed by atoms with Gasteiger partial charge >= 0.3 is 6.18 Å². The van der Waals surface area contributed by atoms with Crippen molar-refractivity contribution in [3.8, 4) is 0 Å². The summed E-state index contributed by atoms with van der Waals surface area (Å²) in [6, 6.07) is 9.22. The van der Waals surface area contributed by atoms with E-state index < -0.39 is 23.2 Å². The first-order chi connectivity index (χ1) is 15.2. The van der Waals surface area contributed by atoms with Crippen LogP contribution in [0.1, 0.15) is 16.1 Å². The van der Waals surface area contributed by atoms with Crippen LogP contribution in [0.5, 0.6) is 0 Å². The third-order valence-corrected chi connectivity index (χ3v) is 5.72. The minimum Gasteiger partial charge on any atom is -0.351 e. The topological polar surface area (TPSA) is 104 Å². The third kappa shape index (κ3) is 7.24. The van der Waals surface area contributed by atoms with Crippen molar-refractivity contribution < 1.29 is 22.8 Å². The van der Waals surface area contributed by atoms with Gasteiger partial charge in [-0.2, -0.15) is 13.2 Å². The number of anilines is 1. The van der Waals surface area contributed by atoms with E-state index in [-0.39, 0.29) is 34.6 Å². The van der Waals surface area contributed by atoms with E-state index >= 15 is 0 Å². The molecule has 0 aliphatic heterocycles. The van der Waals surface area contributed by atoms with E-state index in [0.29, 0.717) is 6.54 Å². The first-order valence-electron chi connectivity index (χ1n) is 9.18. The number of thiophene rings is 1. The van der Waals surface area contributed by atoms with E-state index in [2.05, 4.69) is 20.6 Å². The zero-order chi connectivity index (χ0) is 23.1. The molecule has 1 aromatic carbocycles. The lowest BCUT2D eigenvalue weighted by Crippen LogP contribution is -2.25. The number of carbonyl (C=O) groups is 2. The number of amides is 2. The monoisotopic (exact) mass is 482 g/mol. The van der Waals surface area contributed by atoms with Gasteiger partial charge in [-0.25, -0.2) is 4.98 Å². The average molecular weight is 483 g/mol. The van der Waals surface area contributed by atoms with E-state index in [4.69, 9.17) is 0 Å². The fraction of sp³-hybridized carbons (Fsp3) is 0.200. The molecule has 0 aliphatic carbocycles. The van der Waals surface area contributed by atoms with E-state index in [9.17, 15) is 27.6 Å². The van der Waals surface area contributed by atoms with Crippen molar-refractivity contribution in [1.82, 2.24) is 15.3 Å². The molecule has 0 saturated heterocycles. The van der Waals surface area contributed by atoms with Crippen LogP contribution in [0.3, 0.4) is 0 Å². The van der Waals surface area contributed by atoms with Crippen LogP contribution in [0.15, 0.2) is 57.8 Å². The van der Waals surface area contributed by atoms with E-state index in [1.165, 1.54) is 29.5 Å². The SMILES string of the molecule is O=C(Cc1cc(=O)[nH]c(SCC(=O)Nc2cccc(C(F)(F)F)c2)n1)NCc1cccs1. The number of aromatic amines is 1. The summed E-state index contributed by atoms with van der Waals surface area (Å²) in [5.41, 5.74) is -1.12. The van der Waals surface area contributed by atoms with Crippen molar-refractivity contribution in [2.75, 3.05) is 11.1 Å². The highest BCUT2D eigenvalue weighted by atomic mass is 32.2. The molecule has 3 aromatic rings. The Labute approximate surface area is 188 Å². The number of benzene rings is 1. The highest BCUT2D eigenvalue weighted by Crippen LogP contribution is 2.30. The number of halogens is 3. The van der Waals surface area contributed by atoms with Crippen LogP contribution in [-0.2, 0) is 28.7 Å². The maximum Gasteiger partial charge on any atom is 0.416 e. The van der Waals surface area contributed by atoms with Gasteiger partial charge in [-0.05, 0) is 29.6 Å². The van der Waals surface area contributed by atoms with Gasteiger partial charge in [0.2, 0.25) is 11.8 Å². The highest BCUT2D eigenvalue weighted by Gasteiger charge is 2.30. The lowest BCUT2D eigenvalue weighted by Gasteiger charge is -2.10. The van der Waals surface area contributed by atoms with Gasteiger partial charge in [0, 0.05) is 16.6 Å². The molecule has 0 fully saturated rings. The first kappa shape index (κ1) is 23.5. The van der Waals surface area contributed by atoms with Crippen LogP contribution >= 0.6 is 23.1 Å². The Morgan fingerprint density at radius 3 is 2.66 bits per heavy atom. The summed E-state index contributed by atoms with van der Waals surface area (Å²) < 4.78 is 38.3. The van der Waals surface area contributed by atoms with Gasteiger partial charge < -0.3 is 15.6 Å². The smallest absolute Gasteiger partial charge is 0.351 e. The summed E-state index contributed by atoms with van der Waals surface area (Å²) in [5.74, 6) is -1.08. The molecule has 7 nitrogen and oxygen atoms in total. The molecule has 0 radical (unpaired) electrons. The minimum atomic E-state index is -4.52. The standard InChI is InChI=1S/C20H17F3N4O3S2/c21-20(22,23)12-3-1-4-13(7-12)25-18(30)11-32-19-26-14(9-17(29)27-19)8-16(28)24-10-15-5-2-6-31-15/h1-7,9H,8,10-11H2,(H,24,28)(H,25,30)(H,26,27,29). The van der Waals surface area contributed by atoms with Gasteiger partial charge in [0.25, 0.3) is 5.56 Å². The van der Waals surface area contributed by atoms with Crippen LogP contribution in [0.4, 0.5) is 18.9 Å². The lowest BCUT2D eigenvalue weighted by atomic mass is 10.2. The van der Waals surface area contributed by atoms with Crippen LogP contribution in [-0.4, -0.2) is 27.5 Å². The number of carbonyl (C=O) groups excluding carboxylic acids is 2. The molecule has 0 bridgehead atoms. The molecule has 3 N–H and O–H groups in total. The van der Waals surface area contributed by atoms with Gasteiger partial charge in [0.05, 0.1) is 30.0 Å². The average Bonchev–Trinajstić information content (AvgIpc) is 3.24. The summed E-state index contributed by atoms with van der Waals surface area (Å²) >= 11 is 2.40. The third-order valence-electron chi connectivity index (χ3n) is 3.97. The van der Waals surface area contributed by atoms with Gasteiger partial charge in [-0.1, -0.05) is 23.9 Å². The van der Waals surface area contributed by atoms with Crippen LogP contribution in [0.2, 0.25) is 0 Å². The summed E-state index contributed by atoms with van der Waals surface area (Å²) in [6.07, 6.45) is -4.63. The Morgan fingerprint density at radius 2 is 1.94 bits per heavy atom. The Balaban J connectivity index is 1.54. The summed E-state index contributed by atoms with van der Waals surface area (Å²) in [5, 5.41) is 7.13. The van der Waals surface area contributed by atoms with Gasteiger partial charge in [-0.15, -0.1) is 11.3 Å². The van der Waals surface area contributed by atoms with E-state index in [0.717, 1.165) is 28.8 Å². The molecule has 168 valence electrons. The van der Waals surface area contributed by atoms with E-state index in [1.54, 1.807) is 0 Å². The molecule has 0 saturated carbocycles. The molecule has 2 heterocycles.